The molecule has 17 heavy (non-hydrogen) atoms. The molecule has 0 saturated carbocycles. The molecule has 0 unspecified atom stereocenters. The summed E-state index contributed by atoms with van der Waals surface area (Å²) in [4.78, 5) is 2.68. The average Bonchev–Trinajstić information content (AvgIpc) is 2.39. The molecule has 1 aliphatic rings. The monoisotopic (exact) mass is 240 g/mol. The van der Waals surface area contributed by atoms with Crippen molar-refractivity contribution in [3.63, 3.8) is 0 Å². The Hall–Kier alpha value is -0.0800. The first-order chi connectivity index (χ1) is 8.26. The molecule has 2 heteroatoms. The molecule has 1 aliphatic heterocycles. The van der Waals surface area contributed by atoms with E-state index in [4.69, 9.17) is 0 Å². The molecule has 0 atom stereocenters. The summed E-state index contributed by atoms with van der Waals surface area (Å²) in [6, 6.07) is 0. The molecule has 0 bridgehead atoms. The Labute approximate surface area is 108 Å². The Balaban J connectivity index is 2.10. The standard InChI is InChI=1S/C15H32N2/c1-4-15(5-2)9-13-17(14-10-15)12-8-7-11-16-6-3/h16H,4-14H2,1-3H3. The Morgan fingerprint density at radius 3 is 2.18 bits per heavy atom. The van der Waals surface area contributed by atoms with Crippen molar-refractivity contribution < 1.29 is 0 Å². The Bertz CT molecular complexity index is 177. The van der Waals surface area contributed by atoms with Gasteiger partial charge in [0, 0.05) is 0 Å². The lowest BCUT2D eigenvalue weighted by Gasteiger charge is -2.41. The Kier molecular flexibility index (Phi) is 7.14. The minimum Gasteiger partial charge on any atom is -0.317 e. The van der Waals surface area contributed by atoms with Gasteiger partial charge in [-0.3, -0.25) is 0 Å². The zero-order valence-electron chi connectivity index (χ0n) is 12.2. The fraction of sp³-hybridized carbons (Fsp3) is 1.00. The van der Waals surface area contributed by atoms with Gasteiger partial charge < -0.3 is 10.2 Å². The van der Waals surface area contributed by atoms with E-state index in [1.807, 2.05) is 0 Å². The van der Waals surface area contributed by atoms with Gasteiger partial charge in [-0.2, -0.15) is 0 Å². The molecule has 0 aromatic rings. The number of rotatable bonds is 8. The Morgan fingerprint density at radius 2 is 1.65 bits per heavy atom. The third-order valence-corrected chi connectivity index (χ3v) is 4.74. The summed E-state index contributed by atoms with van der Waals surface area (Å²) in [5.41, 5.74) is 0.681. The highest BCUT2D eigenvalue weighted by Gasteiger charge is 2.30. The predicted molar refractivity (Wildman–Crippen MR) is 76.5 cm³/mol. The summed E-state index contributed by atoms with van der Waals surface area (Å²) in [6.07, 6.45) is 8.28. The summed E-state index contributed by atoms with van der Waals surface area (Å²) in [5, 5.41) is 3.40. The van der Waals surface area contributed by atoms with Crippen LogP contribution in [0.15, 0.2) is 0 Å². The molecule has 2 nitrogen and oxygen atoms in total. The minimum atomic E-state index is 0.681. The minimum absolute atomic E-state index is 0.681. The molecule has 1 saturated heterocycles. The van der Waals surface area contributed by atoms with Crippen molar-refractivity contribution in [3.05, 3.63) is 0 Å². The number of piperidine rings is 1. The molecule has 1 fully saturated rings. The van der Waals surface area contributed by atoms with Crippen molar-refractivity contribution in [1.29, 1.82) is 0 Å². The number of likely N-dealkylation sites (tertiary alicyclic amines) is 1. The number of unbranched alkanes of at least 4 members (excludes halogenated alkanes) is 1. The first-order valence-corrected chi connectivity index (χ1v) is 7.69. The van der Waals surface area contributed by atoms with Gasteiger partial charge in [0.25, 0.3) is 0 Å². The SMILES string of the molecule is CCNCCCCN1CCC(CC)(CC)CC1. The van der Waals surface area contributed by atoms with Crippen LogP contribution in [0.1, 0.15) is 59.3 Å². The van der Waals surface area contributed by atoms with E-state index in [0.717, 1.165) is 6.54 Å². The topological polar surface area (TPSA) is 15.3 Å². The fourth-order valence-corrected chi connectivity index (χ4v) is 2.97. The molecule has 0 radical (unpaired) electrons. The van der Waals surface area contributed by atoms with Gasteiger partial charge in [-0.05, 0) is 63.8 Å². The molecule has 1 rings (SSSR count). The van der Waals surface area contributed by atoms with Crippen molar-refractivity contribution in [2.75, 3.05) is 32.7 Å². The van der Waals surface area contributed by atoms with Crippen LogP contribution in [-0.2, 0) is 0 Å². The van der Waals surface area contributed by atoms with Crippen molar-refractivity contribution >= 4 is 0 Å². The molecule has 102 valence electrons. The van der Waals surface area contributed by atoms with E-state index in [2.05, 4.69) is 31.0 Å². The van der Waals surface area contributed by atoms with Crippen LogP contribution in [0.2, 0.25) is 0 Å². The van der Waals surface area contributed by atoms with Gasteiger partial charge in [0.2, 0.25) is 0 Å². The van der Waals surface area contributed by atoms with E-state index in [0.29, 0.717) is 5.41 Å². The van der Waals surface area contributed by atoms with Crippen LogP contribution in [0.3, 0.4) is 0 Å². The molecule has 0 aromatic carbocycles. The van der Waals surface area contributed by atoms with Gasteiger partial charge in [0.15, 0.2) is 0 Å². The normalized spacial score (nSPS) is 20.6. The van der Waals surface area contributed by atoms with E-state index in [1.54, 1.807) is 0 Å². The number of nitrogens with one attached hydrogen (secondary N) is 1. The van der Waals surface area contributed by atoms with E-state index in [1.165, 1.54) is 64.7 Å². The predicted octanol–water partition coefficient (Wildman–Crippen LogP) is 3.28. The van der Waals surface area contributed by atoms with Gasteiger partial charge in [-0.15, -0.1) is 0 Å². The lowest BCUT2D eigenvalue weighted by Crippen LogP contribution is -2.40. The molecule has 1 N–H and O–H groups in total. The molecule has 0 aromatic heterocycles. The smallest absolute Gasteiger partial charge is 0.00134 e. The van der Waals surface area contributed by atoms with Gasteiger partial charge in [0.05, 0.1) is 0 Å². The van der Waals surface area contributed by atoms with Crippen molar-refractivity contribution in [3.8, 4) is 0 Å². The molecule has 1 heterocycles. The molecule has 0 aliphatic carbocycles. The number of hydrogen-bond acceptors (Lipinski definition) is 2. The largest absolute Gasteiger partial charge is 0.317 e. The van der Waals surface area contributed by atoms with Crippen LogP contribution in [0.4, 0.5) is 0 Å². The first kappa shape index (κ1) is 15.0. The third kappa shape index (κ3) is 4.97. The maximum Gasteiger partial charge on any atom is -0.00134 e. The lowest BCUT2D eigenvalue weighted by molar-refractivity contribution is 0.0944. The van der Waals surface area contributed by atoms with Crippen LogP contribution in [0, 0.1) is 5.41 Å². The summed E-state index contributed by atoms with van der Waals surface area (Å²) >= 11 is 0. The summed E-state index contributed by atoms with van der Waals surface area (Å²) in [6.45, 7) is 13.2. The molecular formula is C15H32N2. The van der Waals surface area contributed by atoms with Crippen LogP contribution >= 0.6 is 0 Å². The van der Waals surface area contributed by atoms with Crippen LogP contribution in [0.25, 0.3) is 0 Å². The van der Waals surface area contributed by atoms with Gasteiger partial charge in [-0.1, -0.05) is 33.6 Å². The quantitative estimate of drug-likeness (QED) is 0.655. The van der Waals surface area contributed by atoms with Gasteiger partial charge >= 0.3 is 0 Å². The second kappa shape index (κ2) is 8.10. The third-order valence-electron chi connectivity index (χ3n) is 4.74. The fourth-order valence-electron chi connectivity index (χ4n) is 2.97. The van der Waals surface area contributed by atoms with E-state index in [-0.39, 0.29) is 0 Å². The average molecular weight is 240 g/mol. The van der Waals surface area contributed by atoms with Crippen LogP contribution in [0.5, 0.6) is 0 Å². The van der Waals surface area contributed by atoms with Gasteiger partial charge in [-0.25, -0.2) is 0 Å². The zero-order chi connectivity index (χ0) is 12.6. The zero-order valence-corrected chi connectivity index (χ0v) is 12.2. The van der Waals surface area contributed by atoms with E-state index >= 15 is 0 Å². The first-order valence-electron chi connectivity index (χ1n) is 7.69. The van der Waals surface area contributed by atoms with E-state index in [9.17, 15) is 0 Å². The number of hydrogen-bond donors (Lipinski definition) is 1. The molecule has 0 amide bonds. The highest BCUT2D eigenvalue weighted by Crippen LogP contribution is 2.37. The maximum atomic E-state index is 3.40. The maximum absolute atomic E-state index is 3.40. The molecule has 0 spiro atoms. The van der Waals surface area contributed by atoms with Crippen molar-refractivity contribution in [2.24, 2.45) is 5.41 Å². The van der Waals surface area contributed by atoms with Crippen LogP contribution < -0.4 is 5.32 Å². The lowest BCUT2D eigenvalue weighted by atomic mass is 9.74. The number of nitrogens with zero attached hydrogens (tertiary/aromatic N) is 1. The Morgan fingerprint density at radius 1 is 1.00 bits per heavy atom. The summed E-state index contributed by atoms with van der Waals surface area (Å²) in [7, 11) is 0. The van der Waals surface area contributed by atoms with Crippen molar-refractivity contribution in [2.45, 2.75) is 59.3 Å². The van der Waals surface area contributed by atoms with E-state index < -0.39 is 0 Å². The second-order valence-corrected chi connectivity index (χ2v) is 5.61. The highest BCUT2D eigenvalue weighted by molar-refractivity contribution is 4.83. The second-order valence-electron chi connectivity index (χ2n) is 5.61. The summed E-state index contributed by atoms with van der Waals surface area (Å²) in [5.74, 6) is 0. The van der Waals surface area contributed by atoms with Crippen LogP contribution in [-0.4, -0.2) is 37.6 Å². The molecular weight excluding hydrogens is 208 g/mol. The summed E-state index contributed by atoms with van der Waals surface area (Å²) < 4.78 is 0. The van der Waals surface area contributed by atoms with Gasteiger partial charge in [0.1, 0.15) is 0 Å². The highest BCUT2D eigenvalue weighted by atomic mass is 15.1. The van der Waals surface area contributed by atoms with Crippen molar-refractivity contribution in [1.82, 2.24) is 10.2 Å².